The summed E-state index contributed by atoms with van der Waals surface area (Å²) in [6.45, 7) is 2.26. The van der Waals surface area contributed by atoms with E-state index in [2.05, 4.69) is 15.9 Å². The lowest BCUT2D eigenvalue weighted by molar-refractivity contribution is 0.548. The SMILES string of the molecule is Cc1c(CN)oc2c(Cl)cc(Br)c(Cl)c12. The van der Waals surface area contributed by atoms with Crippen molar-refractivity contribution in [2.24, 2.45) is 5.73 Å². The van der Waals surface area contributed by atoms with Gasteiger partial charge in [0.1, 0.15) is 5.76 Å². The van der Waals surface area contributed by atoms with Gasteiger partial charge >= 0.3 is 0 Å². The van der Waals surface area contributed by atoms with Crippen LogP contribution in [0.3, 0.4) is 0 Å². The van der Waals surface area contributed by atoms with Crippen LogP contribution >= 0.6 is 39.1 Å². The summed E-state index contributed by atoms with van der Waals surface area (Å²) in [7, 11) is 0. The third kappa shape index (κ3) is 1.68. The Morgan fingerprint density at radius 2 is 2.13 bits per heavy atom. The van der Waals surface area contributed by atoms with Crippen LogP contribution in [0.2, 0.25) is 10.0 Å². The van der Waals surface area contributed by atoms with Crippen LogP contribution in [0.25, 0.3) is 11.0 Å². The predicted molar refractivity (Wildman–Crippen MR) is 66.6 cm³/mol. The van der Waals surface area contributed by atoms with Crippen molar-refractivity contribution in [3.05, 3.63) is 31.9 Å². The van der Waals surface area contributed by atoms with Gasteiger partial charge in [-0.25, -0.2) is 0 Å². The fraction of sp³-hybridized carbons (Fsp3) is 0.200. The van der Waals surface area contributed by atoms with Crippen molar-refractivity contribution < 1.29 is 4.42 Å². The van der Waals surface area contributed by atoms with E-state index in [0.29, 0.717) is 27.9 Å². The normalized spacial score (nSPS) is 11.3. The molecule has 0 spiro atoms. The van der Waals surface area contributed by atoms with E-state index in [1.807, 2.05) is 6.92 Å². The van der Waals surface area contributed by atoms with Crippen LogP contribution in [0.5, 0.6) is 0 Å². The predicted octanol–water partition coefficient (Wildman–Crippen LogP) is 4.27. The van der Waals surface area contributed by atoms with Crippen molar-refractivity contribution in [3.8, 4) is 0 Å². The van der Waals surface area contributed by atoms with Gasteiger partial charge in [0.25, 0.3) is 0 Å². The van der Waals surface area contributed by atoms with E-state index in [1.165, 1.54) is 0 Å². The average molecular weight is 309 g/mol. The van der Waals surface area contributed by atoms with Gasteiger partial charge in [-0.2, -0.15) is 0 Å². The molecule has 1 heterocycles. The number of benzene rings is 1. The zero-order chi connectivity index (χ0) is 11.2. The number of fused-ring (bicyclic) bond motifs is 1. The van der Waals surface area contributed by atoms with Crippen LogP contribution in [0, 0.1) is 6.92 Å². The highest BCUT2D eigenvalue weighted by molar-refractivity contribution is 9.10. The van der Waals surface area contributed by atoms with E-state index < -0.39 is 0 Å². The second kappa shape index (κ2) is 3.98. The molecule has 2 nitrogen and oxygen atoms in total. The molecule has 5 heteroatoms. The minimum atomic E-state index is 0.338. The van der Waals surface area contributed by atoms with Crippen molar-refractivity contribution >= 4 is 50.1 Å². The van der Waals surface area contributed by atoms with E-state index in [0.717, 1.165) is 15.4 Å². The zero-order valence-corrected chi connectivity index (χ0v) is 11.0. The smallest absolute Gasteiger partial charge is 0.154 e. The molecule has 80 valence electrons. The average Bonchev–Trinajstić information content (AvgIpc) is 2.53. The largest absolute Gasteiger partial charge is 0.458 e. The summed E-state index contributed by atoms with van der Waals surface area (Å²) >= 11 is 15.6. The molecule has 1 aromatic carbocycles. The molecule has 15 heavy (non-hydrogen) atoms. The first-order valence-corrected chi connectivity index (χ1v) is 5.86. The van der Waals surface area contributed by atoms with Crippen molar-refractivity contribution in [1.29, 1.82) is 0 Å². The van der Waals surface area contributed by atoms with Crippen LogP contribution in [0.4, 0.5) is 0 Å². The fourth-order valence-electron chi connectivity index (χ4n) is 1.55. The summed E-state index contributed by atoms with van der Waals surface area (Å²) in [6, 6.07) is 1.72. The number of nitrogens with two attached hydrogens (primary N) is 1. The monoisotopic (exact) mass is 307 g/mol. The molecule has 0 saturated carbocycles. The number of halogens is 3. The molecule has 2 N–H and O–H groups in total. The van der Waals surface area contributed by atoms with Gasteiger partial charge in [-0.15, -0.1) is 0 Å². The molecule has 2 aromatic rings. The van der Waals surface area contributed by atoms with Crippen LogP contribution in [0.1, 0.15) is 11.3 Å². The number of hydrogen-bond acceptors (Lipinski definition) is 2. The lowest BCUT2D eigenvalue weighted by Crippen LogP contribution is -1.95. The number of rotatable bonds is 1. The number of furan rings is 1. The highest BCUT2D eigenvalue weighted by Gasteiger charge is 2.17. The fourth-order valence-corrected chi connectivity index (χ4v) is 2.63. The standard InChI is InChI=1S/C10H8BrCl2NO/c1-4-7(3-14)15-10-6(12)2-5(11)9(13)8(4)10/h2H,3,14H2,1H3. The molecular formula is C10H8BrCl2NO. The van der Waals surface area contributed by atoms with Gasteiger partial charge < -0.3 is 10.2 Å². The Labute approximate surface area is 105 Å². The molecule has 0 saturated heterocycles. The number of aryl methyl sites for hydroxylation is 1. The Kier molecular flexibility index (Phi) is 2.99. The van der Waals surface area contributed by atoms with Crippen LogP contribution in [-0.4, -0.2) is 0 Å². The summed E-state index contributed by atoms with van der Waals surface area (Å²) in [6.07, 6.45) is 0. The molecule has 1 aromatic heterocycles. The quantitative estimate of drug-likeness (QED) is 0.799. The highest BCUT2D eigenvalue weighted by atomic mass is 79.9. The first kappa shape index (κ1) is 11.3. The van der Waals surface area contributed by atoms with Gasteiger partial charge in [0.15, 0.2) is 5.58 Å². The third-order valence-electron chi connectivity index (χ3n) is 2.33. The summed E-state index contributed by atoms with van der Waals surface area (Å²) < 4.78 is 6.31. The molecule has 0 bridgehead atoms. The summed E-state index contributed by atoms with van der Waals surface area (Å²) in [5, 5.41) is 1.97. The van der Waals surface area contributed by atoms with Crippen molar-refractivity contribution in [1.82, 2.24) is 0 Å². The van der Waals surface area contributed by atoms with Crippen LogP contribution in [0.15, 0.2) is 15.0 Å². The Hall–Kier alpha value is -0.220. The molecule has 2 rings (SSSR count). The maximum absolute atomic E-state index is 6.17. The summed E-state index contributed by atoms with van der Waals surface area (Å²) in [4.78, 5) is 0. The first-order chi connectivity index (χ1) is 7.06. The Bertz CT molecular complexity index is 536. The topological polar surface area (TPSA) is 39.2 Å². The van der Waals surface area contributed by atoms with E-state index in [1.54, 1.807) is 6.07 Å². The second-order valence-electron chi connectivity index (χ2n) is 3.21. The minimum Gasteiger partial charge on any atom is -0.458 e. The molecule has 0 unspecified atom stereocenters. The second-order valence-corrected chi connectivity index (χ2v) is 4.85. The van der Waals surface area contributed by atoms with Crippen molar-refractivity contribution in [3.63, 3.8) is 0 Å². The highest BCUT2D eigenvalue weighted by Crippen LogP contribution is 2.40. The van der Waals surface area contributed by atoms with Gasteiger partial charge in [-0.1, -0.05) is 23.2 Å². The minimum absolute atomic E-state index is 0.338. The Morgan fingerprint density at radius 3 is 2.73 bits per heavy atom. The van der Waals surface area contributed by atoms with Gasteiger partial charge in [-0.3, -0.25) is 0 Å². The van der Waals surface area contributed by atoms with Crippen LogP contribution < -0.4 is 5.73 Å². The maximum atomic E-state index is 6.17. The lowest BCUT2D eigenvalue weighted by atomic mass is 10.1. The lowest BCUT2D eigenvalue weighted by Gasteiger charge is -1.99. The van der Waals surface area contributed by atoms with Crippen molar-refractivity contribution in [2.45, 2.75) is 13.5 Å². The Morgan fingerprint density at radius 1 is 1.47 bits per heavy atom. The maximum Gasteiger partial charge on any atom is 0.154 e. The molecular weight excluding hydrogens is 301 g/mol. The van der Waals surface area contributed by atoms with E-state index in [9.17, 15) is 0 Å². The summed E-state index contributed by atoms with van der Waals surface area (Å²) in [5.41, 5.74) is 7.11. The molecule has 0 aliphatic rings. The van der Waals surface area contributed by atoms with E-state index >= 15 is 0 Å². The van der Waals surface area contributed by atoms with Gasteiger partial charge in [0.2, 0.25) is 0 Å². The molecule has 0 aliphatic carbocycles. The van der Waals surface area contributed by atoms with Crippen LogP contribution in [-0.2, 0) is 6.54 Å². The zero-order valence-electron chi connectivity index (χ0n) is 7.90. The molecule has 0 atom stereocenters. The van der Waals surface area contributed by atoms with Gasteiger partial charge in [0.05, 0.1) is 16.6 Å². The van der Waals surface area contributed by atoms with Gasteiger partial charge in [0, 0.05) is 15.4 Å². The third-order valence-corrected chi connectivity index (χ3v) is 3.86. The molecule has 0 aliphatic heterocycles. The molecule has 0 radical (unpaired) electrons. The molecule has 0 amide bonds. The first-order valence-electron chi connectivity index (χ1n) is 4.31. The number of hydrogen-bond donors (Lipinski definition) is 1. The summed E-state index contributed by atoms with van der Waals surface area (Å²) in [5.74, 6) is 0.715. The van der Waals surface area contributed by atoms with Gasteiger partial charge in [-0.05, 0) is 28.9 Å². The van der Waals surface area contributed by atoms with E-state index in [4.69, 9.17) is 33.4 Å². The Balaban J connectivity index is 2.94. The molecule has 0 fully saturated rings. The van der Waals surface area contributed by atoms with Crippen molar-refractivity contribution in [2.75, 3.05) is 0 Å². The van der Waals surface area contributed by atoms with E-state index in [-0.39, 0.29) is 0 Å².